The molecule has 1 fully saturated rings. The van der Waals surface area contributed by atoms with Crippen LogP contribution in [-0.2, 0) is 28.7 Å². The van der Waals surface area contributed by atoms with E-state index in [9.17, 15) is 24.0 Å². The topological polar surface area (TPSA) is 110 Å². The molecule has 1 aliphatic heterocycles. The van der Waals surface area contributed by atoms with Crippen molar-refractivity contribution >= 4 is 29.8 Å². The summed E-state index contributed by atoms with van der Waals surface area (Å²) in [7, 11) is 0. The number of carbonyl (C=O) groups is 5. The minimum atomic E-state index is -1.26. The number of carbonyl (C=O) groups excluding carboxylic acids is 5. The van der Waals surface area contributed by atoms with Crippen LogP contribution < -0.4 is 0 Å². The molecule has 2 atom stereocenters. The second-order valence-corrected chi connectivity index (χ2v) is 6.49. The zero-order valence-electron chi connectivity index (χ0n) is 16.6. The van der Waals surface area contributed by atoms with Crippen molar-refractivity contribution in [2.24, 2.45) is 0 Å². The molecule has 28 heavy (non-hydrogen) atoms. The predicted molar refractivity (Wildman–Crippen MR) is 98.3 cm³/mol. The number of nitrogens with zero attached hydrogens (tertiary/aromatic N) is 2. The first-order valence-corrected chi connectivity index (χ1v) is 9.00. The maximum absolute atomic E-state index is 12.8. The molecule has 0 aliphatic carbocycles. The highest BCUT2D eigenvalue weighted by Crippen LogP contribution is 2.24. The number of imide groups is 2. The van der Waals surface area contributed by atoms with Gasteiger partial charge in [0.05, 0.1) is 0 Å². The summed E-state index contributed by atoms with van der Waals surface area (Å²) in [6, 6.07) is -1.00. The first-order valence-electron chi connectivity index (χ1n) is 9.00. The average molecular weight is 394 g/mol. The molecular weight excluding hydrogens is 368 g/mol. The molecule has 0 spiro atoms. The molecule has 9 nitrogen and oxygen atoms in total. The molecule has 0 aromatic heterocycles. The predicted octanol–water partition coefficient (Wildman–Crippen LogP) is 2.27. The fourth-order valence-corrected chi connectivity index (χ4v) is 2.43. The Morgan fingerprint density at radius 2 is 1.14 bits per heavy atom. The number of hydrogen-bond donors (Lipinski definition) is 0. The molecule has 1 saturated heterocycles. The molecule has 0 saturated carbocycles. The lowest BCUT2D eigenvalue weighted by Crippen LogP contribution is -2.47. The smallest absolute Gasteiger partial charge is 0.340 e. The van der Waals surface area contributed by atoms with Crippen LogP contribution in [-0.4, -0.2) is 52.0 Å². The third kappa shape index (κ3) is 5.05. The van der Waals surface area contributed by atoms with Crippen molar-refractivity contribution in [3.63, 3.8) is 0 Å². The molecule has 0 aromatic carbocycles. The number of hydrogen-bond acceptors (Lipinski definition) is 7. The molecule has 4 amide bonds. The number of ether oxygens (including phenoxy) is 2. The minimum Gasteiger partial charge on any atom is -0.438 e. The van der Waals surface area contributed by atoms with E-state index in [-0.39, 0.29) is 24.0 Å². The summed E-state index contributed by atoms with van der Waals surface area (Å²) in [5.41, 5.74) is 0.172. The monoisotopic (exact) mass is 394 g/mol. The van der Waals surface area contributed by atoms with Crippen LogP contribution in [0, 0.1) is 0 Å². The third-order valence-corrected chi connectivity index (χ3v) is 3.86. The van der Waals surface area contributed by atoms with E-state index in [1.54, 1.807) is 13.8 Å². The van der Waals surface area contributed by atoms with E-state index < -0.39 is 42.2 Å². The Kier molecular flexibility index (Phi) is 8.09. The van der Waals surface area contributed by atoms with Gasteiger partial charge in [0, 0.05) is 24.0 Å². The van der Waals surface area contributed by atoms with E-state index in [2.05, 4.69) is 13.2 Å². The standard InChI is InChI=1S/C19H26N2O7/c1-7-9-13(27-17(24)11(3)4)20-15(22)16(23)21(19(20)26)14(10-8-2)28-18(25)12(5)6/h13-14H,3,5,7-10H2,1-2,4,6H3. The summed E-state index contributed by atoms with van der Waals surface area (Å²) in [5, 5.41) is 0. The lowest BCUT2D eigenvalue weighted by molar-refractivity contribution is -0.161. The SMILES string of the molecule is C=C(C)C(=O)OC(CCC)N1C(=O)C(=O)N(C(CCC)OC(=O)C(=C)C)C1=O. The van der Waals surface area contributed by atoms with Gasteiger partial charge in [-0.25, -0.2) is 24.2 Å². The number of amides is 4. The maximum atomic E-state index is 12.8. The van der Waals surface area contributed by atoms with E-state index >= 15 is 0 Å². The van der Waals surface area contributed by atoms with Crippen molar-refractivity contribution < 1.29 is 33.4 Å². The normalized spacial score (nSPS) is 16.1. The van der Waals surface area contributed by atoms with Crippen molar-refractivity contribution in [2.45, 2.75) is 65.8 Å². The number of rotatable bonds is 10. The van der Waals surface area contributed by atoms with E-state index in [1.807, 2.05) is 0 Å². The fraction of sp³-hybridized carbons (Fsp3) is 0.526. The van der Waals surface area contributed by atoms with Crippen molar-refractivity contribution in [1.82, 2.24) is 9.80 Å². The van der Waals surface area contributed by atoms with Crippen LogP contribution in [0.15, 0.2) is 24.3 Å². The number of urea groups is 1. The molecule has 0 radical (unpaired) electrons. The highest BCUT2D eigenvalue weighted by molar-refractivity contribution is 6.44. The van der Waals surface area contributed by atoms with Crippen LogP contribution in [0.3, 0.4) is 0 Å². The second kappa shape index (κ2) is 9.82. The zero-order chi connectivity index (χ0) is 21.6. The Morgan fingerprint density at radius 1 is 0.821 bits per heavy atom. The van der Waals surface area contributed by atoms with Gasteiger partial charge in [0.25, 0.3) is 0 Å². The van der Waals surface area contributed by atoms with Gasteiger partial charge in [0.15, 0.2) is 12.5 Å². The molecular formula is C19H26N2O7. The Hall–Kier alpha value is -2.97. The molecule has 0 bridgehead atoms. The Morgan fingerprint density at radius 3 is 1.39 bits per heavy atom. The van der Waals surface area contributed by atoms with Gasteiger partial charge < -0.3 is 9.47 Å². The maximum Gasteiger partial charge on any atom is 0.340 e. The third-order valence-electron chi connectivity index (χ3n) is 3.86. The summed E-state index contributed by atoms with van der Waals surface area (Å²) >= 11 is 0. The van der Waals surface area contributed by atoms with Gasteiger partial charge in [-0.05, 0) is 13.8 Å². The highest BCUT2D eigenvalue weighted by Gasteiger charge is 2.52. The molecule has 9 heteroatoms. The highest BCUT2D eigenvalue weighted by atomic mass is 16.6. The molecule has 1 rings (SSSR count). The van der Waals surface area contributed by atoms with Gasteiger partial charge in [-0.15, -0.1) is 0 Å². The molecule has 0 aromatic rings. The molecule has 0 N–H and O–H groups in total. The minimum absolute atomic E-state index is 0.0858. The van der Waals surface area contributed by atoms with Crippen molar-refractivity contribution in [2.75, 3.05) is 0 Å². The van der Waals surface area contributed by atoms with Gasteiger partial charge in [-0.3, -0.25) is 9.59 Å². The van der Waals surface area contributed by atoms with Gasteiger partial charge in [-0.1, -0.05) is 39.8 Å². The van der Waals surface area contributed by atoms with Crippen LogP contribution in [0.25, 0.3) is 0 Å². The van der Waals surface area contributed by atoms with Crippen LogP contribution in [0.5, 0.6) is 0 Å². The van der Waals surface area contributed by atoms with Gasteiger partial charge in [-0.2, -0.15) is 0 Å². The van der Waals surface area contributed by atoms with E-state index in [1.165, 1.54) is 13.8 Å². The molecule has 1 heterocycles. The second-order valence-electron chi connectivity index (χ2n) is 6.49. The summed E-state index contributed by atoms with van der Waals surface area (Å²) in [6.07, 6.45) is -1.29. The van der Waals surface area contributed by atoms with Gasteiger partial charge in [0.1, 0.15) is 0 Å². The quantitative estimate of drug-likeness (QED) is 0.242. The summed E-state index contributed by atoms with van der Waals surface area (Å²) in [6.45, 7) is 13.3. The molecule has 2 unspecified atom stereocenters. The van der Waals surface area contributed by atoms with Crippen LogP contribution in [0.2, 0.25) is 0 Å². The van der Waals surface area contributed by atoms with Crippen molar-refractivity contribution in [3.8, 4) is 0 Å². The van der Waals surface area contributed by atoms with E-state index in [0.717, 1.165) is 0 Å². The average Bonchev–Trinajstić information content (AvgIpc) is 2.83. The Balaban J connectivity index is 3.19. The summed E-state index contributed by atoms with van der Waals surface area (Å²) in [4.78, 5) is 62.7. The summed E-state index contributed by atoms with van der Waals surface area (Å²) < 4.78 is 10.4. The number of esters is 2. The van der Waals surface area contributed by atoms with Crippen molar-refractivity contribution in [1.29, 1.82) is 0 Å². The van der Waals surface area contributed by atoms with Crippen LogP contribution in [0.4, 0.5) is 4.79 Å². The first kappa shape index (κ1) is 23.1. The van der Waals surface area contributed by atoms with Crippen LogP contribution in [0.1, 0.15) is 53.4 Å². The van der Waals surface area contributed by atoms with Gasteiger partial charge in [0.2, 0.25) is 0 Å². The Labute approximate surface area is 163 Å². The zero-order valence-corrected chi connectivity index (χ0v) is 16.6. The molecule has 154 valence electrons. The summed E-state index contributed by atoms with van der Waals surface area (Å²) in [5.74, 6) is -3.87. The van der Waals surface area contributed by atoms with Gasteiger partial charge >= 0.3 is 29.8 Å². The first-order chi connectivity index (χ1) is 13.1. The Bertz CT molecular complexity index is 655. The van der Waals surface area contributed by atoms with Crippen molar-refractivity contribution in [3.05, 3.63) is 24.3 Å². The van der Waals surface area contributed by atoms with Crippen LogP contribution >= 0.6 is 0 Å². The van der Waals surface area contributed by atoms with E-state index in [4.69, 9.17) is 9.47 Å². The lowest BCUT2D eigenvalue weighted by atomic mass is 10.2. The van der Waals surface area contributed by atoms with E-state index in [0.29, 0.717) is 22.6 Å². The lowest BCUT2D eigenvalue weighted by Gasteiger charge is -2.27. The molecule has 1 aliphatic rings. The fourth-order valence-electron chi connectivity index (χ4n) is 2.43. The largest absolute Gasteiger partial charge is 0.438 e.